The quantitative estimate of drug-likeness (QED) is 0.720. The minimum Gasteiger partial charge on any atom is -0.507 e. The molecule has 0 heterocycles. The van der Waals surface area contributed by atoms with Gasteiger partial charge in [-0.05, 0) is 74.9 Å². The number of hydrogen-bond donors (Lipinski definition) is 2. The summed E-state index contributed by atoms with van der Waals surface area (Å²) in [5, 5.41) is 20.6. The lowest BCUT2D eigenvalue weighted by Gasteiger charge is -2.25. The molecule has 0 bridgehead atoms. The van der Waals surface area contributed by atoms with Gasteiger partial charge in [-0.1, -0.05) is 25.0 Å². The zero-order chi connectivity index (χ0) is 20.3. The third-order valence-corrected chi connectivity index (χ3v) is 5.45. The van der Waals surface area contributed by atoms with Crippen molar-refractivity contribution in [1.82, 2.24) is 0 Å². The first-order valence-corrected chi connectivity index (χ1v) is 10.0. The van der Waals surface area contributed by atoms with Crippen LogP contribution in [0.15, 0.2) is 34.3 Å². The molecule has 2 N–H and O–H groups in total. The predicted molar refractivity (Wildman–Crippen MR) is 116 cm³/mol. The van der Waals surface area contributed by atoms with E-state index < -0.39 is 0 Å². The van der Waals surface area contributed by atoms with E-state index in [4.69, 9.17) is 9.98 Å². The number of hydrogen-bond acceptors (Lipinski definition) is 4. The monoisotopic (exact) mass is 378 g/mol. The summed E-state index contributed by atoms with van der Waals surface area (Å²) in [6, 6.07) is 8.05. The second-order valence-corrected chi connectivity index (χ2v) is 8.01. The zero-order valence-electron chi connectivity index (χ0n) is 17.2. The summed E-state index contributed by atoms with van der Waals surface area (Å²) in [7, 11) is 0. The average molecular weight is 379 g/mol. The fourth-order valence-electron chi connectivity index (χ4n) is 3.97. The van der Waals surface area contributed by atoms with Crippen LogP contribution >= 0.6 is 0 Å². The van der Waals surface area contributed by atoms with Crippen molar-refractivity contribution in [3.63, 3.8) is 0 Å². The molecule has 0 aliphatic heterocycles. The predicted octanol–water partition coefficient (Wildman–Crippen LogP) is 5.18. The van der Waals surface area contributed by atoms with Crippen molar-refractivity contribution in [2.75, 3.05) is 0 Å². The SMILES string of the molecule is Cc1cc(C)c(O)c(C=N[C@@H]2CCCC[C@H]2N=Cc2cc(C)cc(C)c2O)c1. The Morgan fingerprint density at radius 2 is 1.11 bits per heavy atom. The summed E-state index contributed by atoms with van der Waals surface area (Å²) in [5.41, 5.74) is 5.48. The molecule has 0 aromatic heterocycles. The highest BCUT2D eigenvalue weighted by Crippen LogP contribution is 2.27. The van der Waals surface area contributed by atoms with E-state index >= 15 is 0 Å². The number of phenolic OH excluding ortho intramolecular Hbond substituents is 2. The minimum atomic E-state index is 0.0956. The third-order valence-electron chi connectivity index (χ3n) is 5.45. The maximum atomic E-state index is 10.3. The van der Waals surface area contributed by atoms with E-state index in [2.05, 4.69) is 0 Å². The van der Waals surface area contributed by atoms with Crippen LogP contribution in [0.5, 0.6) is 11.5 Å². The fourth-order valence-corrected chi connectivity index (χ4v) is 3.97. The lowest BCUT2D eigenvalue weighted by Crippen LogP contribution is -2.27. The number of benzene rings is 2. The lowest BCUT2D eigenvalue weighted by atomic mass is 9.91. The van der Waals surface area contributed by atoms with Crippen LogP contribution in [0.1, 0.15) is 59.1 Å². The van der Waals surface area contributed by atoms with Gasteiger partial charge in [0.25, 0.3) is 0 Å². The molecule has 28 heavy (non-hydrogen) atoms. The fraction of sp³-hybridized carbons (Fsp3) is 0.417. The molecule has 1 saturated carbocycles. The number of phenols is 2. The van der Waals surface area contributed by atoms with Crippen LogP contribution in [0.3, 0.4) is 0 Å². The van der Waals surface area contributed by atoms with E-state index in [9.17, 15) is 10.2 Å². The largest absolute Gasteiger partial charge is 0.507 e. The molecule has 0 saturated heterocycles. The summed E-state index contributed by atoms with van der Waals surface area (Å²) in [6.45, 7) is 7.86. The van der Waals surface area contributed by atoms with E-state index in [-0.39, 0.29) is 12.1 Å². The molecule has 2 aromatic carbocycles. The molecule has 0 amide bonds. The van der Waals surface area contributed by atoms with Crippen molar-refractivity contribution in [3.05, 3.63) is 57.6 Å². The molecular weight excluding hydrogens is 348 g/mol. The van der Waals surface area contributed by atoms with E-state index in [0.29, 0.717) is 11.5 Å². The van der Waals surface area contributed by atoms with E-state index in [1.54, 1.807) is 12.4 Å². The Labute approximate surface area is 167 Å². The summed E-state index contributed by atoms with van der Waals surface area (Å²) >= 11 is 0. The Morgan fingerprint density at radius 3 is 1.50 bits per heavy atom. The molecule has 2 atom stereocenters. The van der Waals surface area contributed by atoms with Crippen molar-refractivity contribution in [3.8, 4) is 11.5 Å². The standard InChI is InChI=1S/C24H30N2O2/c1-15-9-17(3)23(27)19(11-15)13-25-21-7-5-6-8-22(21)26-14-20-12-16(2)10-18(4)24(20)28/h9-14,21-22,27-28H,5-8H2,1-4H3/t21-,22-/m1/s1. The number of aryl methyl sites for hydroxylation is 4. The van der Waals surface area contributed by atoms with Crippen LogP contribution < -0.4 is 0 Å². The Hall–Kier alpha value is -2.62. The Kier molecular flexibility index (Phi) is 6.18. The van der Waals surface area contributed by atoms with Crippen molar-refractivity contribution in [2.24, 2.45) is 9.98 Å². The first-order valence-electron chi connectivity index (χ1n) is 10.0. The zero-order valence-corrected chi connectivity index (χ0v) is 17.2. The molecule has 1 aliphatic carbocycles. The molecule has 3 rings (SSSR count). The summed E-state index contributed by atoms with van der Waals surface area (Å²) in [6.07, 6.45) is 7.85. The first-order chi connectivity index (χ1) is 13.3. The van der Waals surface area contributed by atoms with Crippen LogP contribution in [-0.2, 0) is 0 Å². The van der Waals surface area contributed by atoms with Crippen molar-refractivity contribution in [1.29, 1.82) is 0 Å². The van der Waals surface area contributed by atoms with Gasteiger partial charge in [0, 0.05) is 23.6 Å². The Balaban J connectivity index is 1.82. The highest BCUT2D eigenvalue weighted by molar-refractivity contribution is 5.85. The molecular formula is C24H30N2O2. The average Bonchev–Trinajstić information content (AvgIpc) is 2.65. The molecule has 148 valence electrons. The molecule has 1 aliphatic rings. The summed E-state index contributed by atoms with van der Waals surface area (Å²) in [4.78, 5) is 9.57. The van der Waals surface area contributed by atoms with Gasteiger partial charge in [-0.2, -0.15) is 0 Å². The van der Waals surface area contributed by atoms with Gasteiger partial charge in [-0.15, -0.1) is 0 Å². The number of aliphatic imine (C=N–C) groups is 2. The number of aromatic hydroxyl groups is 2. The van der Waals surface area contributed by atoms with E-state index in [1.807, 2.05) is 52.0 Å². The topological polar surface area (TPSA) is 65.2 Å². The lowest BCUT2D eigenvalue weighted by molar-refractivity contribution is 0.390. The van der Waals surface area contributed by atoms with Crippen LogP contribution in [0.25, 0.3) is 0 Å². The van der Waals surface area contributed by atoms with Crippen molar-refractivity contribution >= 4 is 12.4 Å². The number of nitrogens with zero attached hydrogens (tertiary/aromatic N) is 2. The maximum absolute atomic E-state index is 10.3. The molecule has 4 nitrogen and oxygen atoms in total. The second-order valence-electron chi connectivity index (χ2n) is 8.01. The minimum absolute atomic E-state index is 0.0956. The Morgan fingerprint density at radius 1 is 0.714 bits per heavy atom. The molecule has 2 aromatic rings. The van der Waals surface area contributed by atoms with Crippen LogP contribution in [0, 0.1) is 27.7 Å². The summed E-state index contributed by atoms with van der Waals surface area (Å²) in [5.74, 6) is 0.593. The van der Waals surface area contributed by atoms with Crippen molar-refractivity contribution in [2.45, 2.75) is 65.5 Å². The second kappa shape index (κ2) is 8.59. The van der Waals surface area contributed by atoms with E-state index in [0.717, 1.165) is 59.1 Å². The van der Waals surface area contributed by atoms with Gasteiger partial charge in [0.15, 0.2) is 0 Å². The van der Waals surface area contributed by atoms with Gasteiger partial charge in [0.05, 0.1) is 12.1 Å². The van der Waals surface area contributed by atoms with Gasteiger partial charge >= 0.3 is 0 Å². The normalized spacial score (nSPS) is 20.3. The number of rotatable bonds is 4. The molecule has 0 radical (unpaired) electrons. The highest BCUT2D eigenvalue weighted by Gasteiger charge is 2.23. The van der Waals surface area contributed by atoms with Gasteiger partial charge < -0.3 is 10.2 Å². The molecule has 4 heteroatoms. The maximum Gasteiger partial charge on any atom is 0.127 e. The van der Waals surface area contributed by atoms with Crippen LogP contribution in [-0.4, -0.2) is 34.7 Å². The summed E-state index contributed by atoms with van der Waals surface area (Å²) < 4.78 is 0. The van der Waals surface area contributed by atoms with Gasteiger partial charge in [-0.3, -0.25) is 9.98 Å². The van der Waals surface area contributed by atoms with E-state index in [1.165, 1.54) is 0 Å². The molecule has 1 fully saturated rings. The highest BCUT2D eigenvalue weighted by atomic mass is 16.3. The van der Waals surface area contributed by atoms with Crippen molar-refractivity contribution < 1.29 is 10.2 Å². The van der Waals surface area contributed by atoms with Crippen LogP contribution in [0.2, 0.25) is 0 Å². The molecule has 0 unspecified atom stereocenters. The molecule has 0 spiro atoms. The van der Waals surface area contributed by atoms with Gasteiger partial charge in [0.1, 0.15) is 11.5 Å². The smallest absolute Gasteiger partial charge is 0.127 e. The third kappa shape index (κ3) is 4.61. The Bertz CT molecular complexity index is 840. The van der Waals surface area contributed by atoms with Gasteiger partial charge in [-0.25, -0.2) is 0 Å². The van der Waals surface area contributed by atoms with Crippen LogP contribution in [0.4, 0.5) is 0 Å². The first kappa shape index (κ1) is 20.1. The van der Waals surface area contributed by atoms with Gasteiger partial charge in [0.2, 0.25) is 0 Å².